The summed E-state index contributed by atoms with van der Waals surface area (Å²) in [6.45, 7) is 8.74. The molecule has 0 fully saturated rings. The average molecular weight is 417 g/mol. The van der Waals surface area contributed by atoms with E-state index >= 15 is 0 Å². The Morgan fingerprint density at radius 3 is 2.39 bits per heavy atom. The number of aromatic nitrogens is 1. The molecule has 3 aromatic rings. The van der Waals surface area contributed by atoms with Crippen molar-refractivity contribution in [2.45, 2.75) is 45.6 Å². The number of amides is 1. The van der Waals surface area contributed by atoms with Crippen molar-refractivity contribution in [3.8, 4) is 0 Å². The quantitative estimate of drug-likeness (QED) is 0.633. The van der Waals surface area contributed by atoms with Crippen molar-refractivity contribution in [2.75, 3.05) is 5.75 Å². The maximum atomic E-state index is 12.5. The standard InChI is InChI=1S/C21H24N2O3S2/c1-5-10-23-18-12-15(3)11-16(4)20(18)27-21(23)22-19(24)13-28(25,26)17-8-6-14(2)7-9-17/h6-9,11-12H,5,10,13H2,1-4H3. The van der Waals surface area contributed by atoms with E-state index in [1.54, 1.807) is 12.1 Å². The Hall–Kier alpha value is -2.25. The van der Waals surface area contributed by atoms with Crippen LogP contribution in [0.1, 0.15) is 30.0 Å². The highest BCUT2D eigenvalue weighted by molar-refractivity contribution is 7.92. The van der Waals surface area contributed by atoms with Gasteiger partial charge < -0.3 is 4.57 Å². The van der Waals surface area contributed by atoms with Crippen LogP contribution >= 0.6 is 11.3 Å². The number of rotatable bonds is 5. The Labute approximate surface area is 169 Å². The van der Waals surface area contributed by atoms with E-state index in [0.29, 0.717) is 4.80 Å². The van der Waals surface area contributed by atoms with Gasteiger partial charge in [0.1, 0.15) is 5.75 Å². The number of carbonyl (C=O) groups is 1. The lowest BCUT2D eigenvalue weighted by molar-refractivity contribution is -0.115. The fraction of sp³-hybridized carbons (Fsp3) is 0.333. The van der Waals surface area contributed by atoms with E-state index in [0.717, 1.165) is 39.9 Å². The minimum atomic E-state index is -3.71. The number of nitrogens with zero attached hydrogens (tertiary/aromatic N) is 2. The topological polar surface area (TPSA) is 68.5 Å². The van der Waals surface area contributed by atoms with Crippen LogP contribution in [0, 0.1) is 20.8 Å². The van der Waals surface area contributed by atoms with Crippen LogP contribution in [0.15, 0.2) is 46.3 Å². The first-order valence-corrected chi connectivity index (χ1v) is 11.7. The molecule has 0 spiro atoms. The Kier molecular flexibility index (Phi) is 5.86. The third kappa shape index (κ3) is 4.25. The van der Waals surface area contributed by atoms with Crippen molar-refractivity contribution < 1.29 is 13.2 Å². The summed E-state index contributed by atoms with van der Waals surface area (Å²) in [6.07, 6.45) is 0.891. The smallest absolute Gasteiger partial charge is 0.263 e. The van der Waals surface area contributed by atoms with Crippen molar-refractivity contribution in [3.63, 3.8) is 0 Å². The number of aryl methyl sites for hydroxylation is 4. The van der Waals surface area contributed by atoms with Gasteiger partial charge in [0.25, 0.3) is 5.91 Å². The summed E-state index contributed by atoms with van der Waals surface area (Å²) in [5.41, 5.74) is 4.28. The van der Waals surface area contributed by atoms with Crippen LogP contribution in [0.3, 0.4) is 0 Å². The first-order valence-electron chi connectivity index (χ1n) is 9.19. The van der Waals surface area contributed by atoms with Gasteiger partial charge in [-0.3, -0.25) is 4.79 Å². The molecule has 0 aliphatic rings. The molecular weight excluding hydrogens is 392 g/mol. The number of hydrogen-bond acceptors (Lipinski definition) is 4. The van der Waals surface area contributed by atoms with E-state index in [1.807, 2.05) is 25.3 Å². The molecule has 7 heteroatoms. The normalized spacial score (nSPS) is 12.6. The van der Waals surface area contributed by atoms with Crippen molar-refractivity contribution in [1.29, 1.82) is 0 Å². The molecule has 0 bridgehead atoms. The third-order valence-electron chi connectivity index (χ3n) is 4.48. The van der Waals surface area contributed by atoms with Gasteiger partial charge in [-0.1, -0.05) is 42.0 Å². The Morgan fingerprint density at radius 2 is 1.75 bits per heavy atom. The van der Waals surface area contributed by atoms with E-state index in [2.05, 4.69) is 24.0 Å². The zero-order chi connectivity index (χ0) is 20.5. The Balaban J connectivity index is 2.01. The van der Waals surface area contributed by atoms with Gasteiger partial charge in [0, 0.05) is 6.54 Å². The van der Waals surface area contributed by atoms with E-state index < -0.39 is 21.5 Å². The number of fused-ring (bicyclic) bond motifs is 1. The van der Waals surface area contributed by atoms with Crippen LogP contribution in [0.2, 0.25) is 0 Å². The molecule has 0 N–H and O–H groups in total. The van der Waals surface area contributed by atoms with Crippen molar-refractivity contribution in [2.24, 2.45) is 4.99 Å². The minimum absolute atomic E-state index is 0.144. The fourth-order valence-electron chi connectivity index (χ4n) is 3.17. The van der Waals surface area contributed by atoms with Gasteiger partial charge in [-0.2, -0.15) is 4.99 Å². The summed E-state index contributed by atoms with van der Waals surface area (Å²) in [6, 6.07) is 10.7. The highest BCUT2D eigenvalue weighted by Crippen LogP contribution is 2.23. The van der Waals surface area contributed by atoms with E-state index in [4.69, 9.17) is 0 Å². The second kappa shape index (κ2) is 8.01. The second-order valence-corrected chi connectivity index (χ2v) is 10.0. The molecule has 1 amide bonds. The van der Waals surface area contributed by atoms with E-state index in [9.17, 15) is 13.2 Å². The molecule has 0 saturated carbocycles. The third-order valence-corrected chi connectivity index (χ3v) is 7.32. The lowest BCUT2D eigenvalue weighted by Gasteiger charge is -2.05. The molecule has 148 valence electrons. The SMILES string of the molecule is CCCn1c(=NC(=O)CS(=O)(=O)c2ccc(C)cc2)sc2c(C)cc(C)cc21. The predicted octanol–water partition coefficient (Wildman–Crippen LogP) is 3.94. The van der Waals surface area contributed by atoms with Crippen LogP contribution < -0.4 is 4.80 Å². The highest BCUT2D eigenvalue weighted by atomic mass is 32.2. The minimum Gasteiger partial charge on any atom is -0.316 e. The summed E-state index contributed by atoms with van der Waals surface area (Å²) in [4.78, 5) is 17.4. The van der Waals surface area contributed by atoms with Gasteiger partial charge in [-0.05, 0) is 56.5 Å². The summed E-state index contributed by atoms with van der Waals surface area (Å²) < 4.78 is 28.2. The summed E-state index contributed by atoms with van der Waals surface area (Å²) >= 11 is 1.43. The molecule has 3 rings (SSSR count). The van der Waals surface area contributed by atoms with Gasteiger partial charge in [0.2, 0.25) is 0 Å². The zero-order valence-corrected chi connectivity index (χ0v) is 18.2. The molecule has 0 atom stereocenters. The molecular formula is C21H24N2O3S2. The Bertz CT molecular complexity index is 1200. The maximum absolute atomic E-state index is 12.5. The number of sulfone groups is 1. The lowest BCUT2D eigenvalue weighted by atomic mass is 10.1. The molecule has 0 unspecified atom stereocenters. The predicted molar refractivity (Wildman–Crippen MR) is 113 cm³/mol. The average Bonchev–Trinajstić information content (AvgIpc) is 2.93. The molecule has 0 saturated heterocycles. The van der Waals surface area contributed by atoms with Crippen LogP contribution in [-0.4, -0.2) is 24.6 Å². The number of carbonyl (C=O) groups excluding carboxylic acids is 1. The number of benzene rings is 2. The van der Waals surface area contributed by atoms with Crippen molar-refractivity contribution in [1.82, 2.24) is 4.57 Å². The Morgan fingerprint density at radius 1 is 1.07 bits per heavy atom. The molecule has 2 aromatic carbocycles. The van der Waals surface area contributed by atoms with Crippen LogP contribution in [0.5, 0.6) is 0 Å². The summed E-state index contributed by atoms with van der Waals surface area (Å²) in [5.74, 6) is -1.28. The monoisotopic (exact) mass is 416 g/mol. The van der Waals surface area contributed by atoms with Gasteiger partial charge in [0.15, 0.2) is 14.6 Å². The number of thiazole rings is 1. The summed E-state index contributed by atoms with van der Waals surface area (Å²) in [7, 11) is -3.71. The van der Waals surface area contributed by atoms with E-state index in [1.165, 1.54) is 23.5 Å². The van der Waals surface area contributed by atoms with Crippen LogP contribution in [0.4, 0.5) is 0 Å². The molecule has 28 heavy (non-hydrogen) atoms. The van der Waals surface area contributed by atoms with Gasteiger partial charge in [0.05, 0.1) is 15.1 Å². The largest absolute Gasteiger partial charge is 0.316 e. The molecule has 0 aliphatic carbocycles. The van der Waals surface area contributed by atoms with Crippen LogP contribution in [-0.2, 0) is 21.2 Å². The van der Waals surface area contributed by atoms with E-state index in [-0.39, 0.29) is 4.90 Å². The maximum Gasteiger partial charge on any atom is 0.263 e. The zero-order valence-electron chi connectivity index (χ0n) is 16.5. The van der Waals surface area contributed by atoms with Crippen molar-refractivity contribution in [3.05, 3.63) is 57.9 Å². The fourth-order valence-corrected chi connectivity index (χ4v) is 5.40. The molecule has 0 radical (unpaired) electrons. The second-order valence-electron chi connectivity index (χ2n) is 7.04. The molecule has 1 aromatic heterocycles. The molecule has 1 heterocycles. The molecule has 5 nitrogen and oxygen atoms in total. The lowest BCUT2D eigenvalue weighted by Crippen LogP contribution is -2.21. The van der Waals surface area contributed by atoms with Crippen LogP contribution in [0.25, 0.3) is 10.2 Å². The van der Waals surface area contributed by atoms with Gasteiger partial charge in [-0.15, -0.1) is 0 Å². The summed E-state index contributed by atoms with van der Waals surface area (Å²) in [5, 5.41) is 0. The van der Waals surface area contributed by atoms with Gasteiger partial charge in [-0.25, -0.2) is 8.42 Å². The van der Waals surface area contributed by atoms with Gasteiger partial charge >= 0.3 is 0 Å². The highest BCUT2D eigenvalue weighted by Gasteiger charge is 2.19. The number of hydrogen-bond donors (Lipinski definition) is 0. The first kappa shape index (κ1) is 20.5. The first-order chi connectivity index (χ1) is 13.2. The molecule has 0 aliphatic heterocycles. The van der Waals surface area contributed by atoms with Crippen molar-refractivity contribution >= 4 is 37.3 Å².